The zero-order valence-corrected chi connectivity index (χ0v) is 27.6. The van der Waals surface area contributed by atoms with Crippen molar-refractivity contribution in [3.05, 3.63) is 35.9 Å². The van der Waals surface area contributed by atoms with Crippen LogP contribution in [0.4, 0.5) is 0 Å². The van der Waals surface area contributed by atoms with E-state index in [0.717, 1.165) is 37.7 Å². The number of likely N-dealkylation sites (N-methyl/N-ethyl adjacent to an activating group) is 2. The summed E-state index contributed by atoms with van der Waals surface area (Å²) in [6.45, 7) is 2.87. The van der Waals surface area contributed by atoms with Crippen LogP contribution in [0.5, 0.6) is 0 Å². The highest BCUT2D eigenvalue weighted by molar-refractivity contribution is 5.91. The van der Waals surface area contributed by atoms with Crippen LogP contribution in [0, 0.1) is 42.4 Å². The average molecular weight is 623 g/mol. The predicted molar refractivity (Wildman–Crippen MR) is 178 cm³/mol. The maximum Gasteiger partial charge on any atom is 0.244 e. The van der Waals surface area contributed by atoms with Crippen molar-refractivity contribution < 1.29 is 24.6 Å². The maximum absolute atomic E-state index is 13.8. The van der Waals surface area contributed by atoms with Crippen LogP contribution < -0.4 is 10.6 Å². The third-order valence-corrected chi connectivity index (χ3v) is 8.80. The lowest BCUT2D eigenvalue weighted by molar-refractivity contribution is -0.137. The Morgan fingerprint density at radius 1 is 0.978 bits per heavy atom. The van der Waals surface area contributed by atoms with Gasteiger partial charge in [-0.2, -0.15) is 0 Å². The smallest absolute Gasteiger partial charge is 0.244 e. The second kappa shape index (κ2) is 19.9. The molecule has 2 rings (SSSR count). The van der Waals surface area contributed by atoms with Crippen LogP contribution in [-0.4, -0.2) is 96.3 Å². The molecule has 0 spiro atoms. The van der Waals surface area contributed by atoms with Crippen LogP contribution in [0.15, 0.2) is 30.3 Å². The normalized spacial score (nSPS) is 17.5. The van der Waals surface area contributed by atoms with E-state index in [1.165, 1.54) is 0 Å². The van der Waals surface area contributed by atoms with Crippen molar-refractivity contribution in [1.82, 2.24) is 20.4 Å². The van der Waals surface area contributed by atoms with Gasteiger partial charge in [0.25, 0.3) is 0 Å². The Morgan fingerprint density at radius 3 is 2.24 bits per heavy atom. The quantitative estimate of drug-likeness (QED) is 0.187. The van der Waals surface area contributed by atoms with Gasteiger partial charge in [-0.3, -0.25) is 14.4 Å². The minimum atomic E-state index is -1.23. The van der Waals surface area contributed by atoms with E-state index >= 15 is 0 Å². The summed E-state index contributed by atoms with van der Waals surface area (Å²) < 4.78 is 0. The number of nitrogens with one attached hydrogen (secondary N) is 2. The van der Waals surface area contributed by atoms with Gasteiger partial charge in [0.1, 0.15) is 12.1 Å². The molecule has 1 aromatic rings. The minimum Gasteiger partial charge on any atom is -0.390 e. The van der Waals surface area contributed by atoms with E-state index in [0.29, 0.717) is 38.3 Å². The summed E-state index contributed by atoms with van der Waals surface area (Å²) in [6.07, 6.45) is 15.3. The first kappa shape index (κ1) is 37.8. The maximum atomic E-state index is 13.8. The van der Waals surface area contributed by atoms with Gasteiger partial charge in [0.05, 0.1) is 18.1 Å². The molecule has 9 nitrogen and oxygen atoms in total. The van der Waals surface area contributed by atoms with Crippen LogP contribution in [0.1, 0.15) is 70.3 Å². The van der Waals surface area contributed by atoms with Crippen molar-refractivity contribution in [2.75, 3.05) is 34.2 Å². The number of nitrogens with zero attached hydrogens (tertiary/aromatic N) is 2. The first-order chi connectivity index (χ1) is 21.5. The van der Waals surface area contributed by atoms with E-state index < -0.39 is 47.9 Å². The first-order valence-corrected chi connectivity index (χ1v) is 16.3. The Kier molecular flexibility index (Phi) is 16.7. The third-order valence-electron chi connectivity index (χ3n) is 8.80. The van der Waals surface area contributed by atoms with Gasteiger partial charge in [-0.15, -0.1) is 24.7 Å². The van der Waals surface area contributed by atoms with E-state index in [4.69, 9.17) is 12.8 Å². The van der Waals surface area contributed by atoms with Crippen LogP contribution >= 0.6 is 0 Å². The summed E-state index contributed by atoms with van der Waals surface area (Å²) in [6, 6.07) is 7.59. The fraction of sp³-hybridized carbons (Fsp3) is 0.639. The SMILES string of the molecule is C#CCC[C@H](O)[C@H](O)[C@H](CC1CCCCC1)NC(=O)[C@@H](NC(=O)[C@@H](CC(=O)N(C)CCN(C)C)Cc1ccccc1)C(C)C#C. The summed E-state index contributed by atoms with van der Waals surface area (Å²) in [5, 5.41) is 27.6. The molecule has 1 fully saturated rings. The van der Waals surface area contributed by atoms with Crippen molar-refractivity contribution in [3.63, 3.8) is 0 Å². The molecule has 45 heavy (non-hydrogen) atoms. The number of benzene rings is 1. The molecule has 0 saturated heterocycles. The molecular formula is C36H54N4O5. The number of aliphatic hydroxyl groups is 2. The predicted octanol–water partition coefficient (Wildman–Crippen LogP) is 2.60. The van der Waals surface area contributed by atoms with Crippen molar-refractivity contribution in [2.24, 2.45) is 17.8 Å². The van der Waals surface area contributed by atoms with Crippen LogP contribution in [-0.2, 0) is 20.8 Å². The van der Waals surface area contributed by atoms with Gasteiger partial charge >= 0.3 is 0 Å². The van der Waals surface area contributed by atoms with Crippen LogP contribution in [0.2, 0.25) is 0 Å². The number of hydrogen-bond donors (Lipinski definition) is 4. The molecule has 1 aromatic carbocycles. The Bertz CT molecular complexity index is 1140. The molecule has 0 aliphatic heterocycles. The van der Waals surface area contributed by atoms with Crippen LogP contribution in [0.25, 0.3) is 0 Å². The number of amides is 3. The number of hydrogen-bond acceptors (Lipinski definition) is 6. The highest BCUT2D eigenvalue weighted by Crippen LogP contribution is 2.29. The standard InChI is InChI=1S/C36H54N4O5/c1-7-9-20-31(41)34(43)30(24-28-18-14-11-15-19-28)37-36(45)33(26(3)8-2)38-35(44)29(23-27-16-12-10-13-17-27)25-32(42)40(6)22-21-39(4)5/h1-2,10,12-13,16-17,26,28-31,33-34,41,43H,9,11,14-15,18-25H2,3-6H3,(H,37,45)(H,38,44)/t26?,29-,30+,31+,33+,34-/m1/s1. The number of carbonyl (C=O) groups excluding carboxylic acids is 3. The summed E-state index contributed by atoms with van der Waals surface area (Å²) in [5.74, 6) is 2.77. The Morgan fingerprint density at radius 2 is 1.64 bits per heavy atom. The fourth-order valence-corrected chi connectivity index (χ4v) is 5.79. The largest absolute Gasteiger partial charge is 0.390 e. The summed E-state index contributed by atoms with van der Waals surface area (Å²) in [4.78, 5) is 44.4. The Labute approximate surface area is 270 Å². The topological polar surface area (TPSA) is 122 Å². The molecule has 1 aliphatic rings. The zero-order valence-electron chi connectivity index (χ0n) is 27.6. The molecule has 1 saturated carbocycles. The number of terminal acetylenes is 2. The molecular weight excluding hydrogens is 568 g/mol. The monoisotopic (exact) mass is 622 g/mol. The van der Waals surface area contributed by atoms with Gasteiger partial charge in [0, 0.05) is 38.9 Å². The van der Waals surface area contributed by atoms with Crippen molar-refractivity contribution in [1.29, 1.82) is 0 Å². The molecule has 6 atom stereocenters. The average Bonchev–Trinajstić information content (AvgIpc) is 3.04. The van der Waals surface area contributed by atoms with Gasteiger partial charge in [0.2, 0.25) is 17.7 Å². The lowest BCUT2D eigenvalue weighted by Crippen LogP contribution is -2.57. The van der Waals surface area contributed by atoms with Crippen molar-refractivity contribution >= 4 is 17.7 Å². The first-order valence-electron chi connectivity index (χ1n) is 16.3. The molecule has 248 valence electrons. The van der Waals surface area contributed by atoms with E-state index in [1.54, 1.807) is 18.9 Å². The van der Waals surface area contributed by atoms with Gasteiger partial charge < -0.3 is 30.6 Å². The number of aliphatic hydroxyl groups excluding tert-OH is 2. The lowest BCUT2D eigenvalue weighted by Gasteiger charge is -2.34. The second-order valence-electron chi connectivity index (χ2n) is 12.8. The molecule has 0 bridgehead atoms. The van der Waals surface area contributed by atoms with E-state index in [-0.39, 0.29) is 18.7 Å². The summed E-state index contributed by atoms with van der Waals surface area (Å²) in [7, 11) is 5.58. The zero-order chi connectivity index (χ0) is 33.4. The number of rotatable bonds is 18. The fourth-order valence-electron chi connectivity index (χ4n) is 5.79. The van der Waals surface area contributed by atoms with Crippen molar-refractivity contribution in [3.8, 4) is 24.7 Å². The van der Waals surface area contributed by atoms with E-state index in [1.807, 2.05) is 49.3 Å². The van der Waals surface area contributed by atoms with Gasteiger partial charge in [0.15, 0.2) is 0 Å². The molecule has 4 N–H and O–H groups in total. The summed E-state index contributed by atoms with van der Waals surface area (Å²) in [5.41, 5.74) is 0.893. The van der Waals surface area contributed by atoms with Crippen molar-refractivity contribution in [2.45, 2.75) is 95.4 Å². The third kappa shape index (κ3) is 13.3. The van der Waals surface area contributed by atoms with E-state index in [2.05, 4.69) is 22.5 Å². The Hall–Kier alpha value is -3.37. The molecule has 0 heterocycles. The van der Waals surface area contributed by atoms with E-state index in [9.17, 15) is 24.6 Å². The Balaban J connectivity index is 2.27. The molecule has 0 radical (unpaired) electrons. The molecule has 9 heteroatoms. The van der Waals surface area contributed by atoms with Gasteiger partial charge in [-0.05, 0) is 51.8 Å². The molecule has 0 aromatic heterocycles. The molecule has 3 amide bonds. The van der Waals surface area contributed by atoms with Gasteiger partial charge in [-0.1, -0.05) is 62.4 Å². The second-order valence-corrected chi connectivity index (χ2v) is 12.8. The lowest BCUT2D eigenvalue weighted by atomic mass is 9.82. The van der Waals surface area contributed by atoms with Gasteiger partial charge in [-0.25, -0.2) is 0 Å². The highest BCUT2D eigenvalue weighted by Gasteiger charge is 2.35. The highest BCUT2D eigenvalue weighted by atomic mass is 16.3. The number of carbonyl (C=O) groups is 3. The molecule has 1 unspecified atom stereocenters. The minimum absolute atomic E-state index is 0.0339. The van der Waals surface area contributed by atoms with Crippen LogP contribution in [0.3, 0.4) is 0 Å². The summed E-state index contributed by atoms with van der Waals surface area (Å²) >= 11 is 0. The molecule has 1 aliphatic carbocycles.